The molecule has 1 heterocycles. The zero-order valence-electron chi connectivity index (χ0n) is 10.8. The van der Waals surface area contributed by atoms with Crippen LogP contribution in [0.2, 0.25) is 5.02 Å². The van der Waals surface area contributed by atoms with Gasteiger partial charge < -0.3 is 0 Å². The Balaban J connectivity index is 2.26. The SMILES string of the molecule is Cc1cc(C(Cc2cc(Cl)ccc2F)NN)sc1C. The highest BCUT2D eigenvalue weighted by Crippen LogP contribution is 2.29. The lowest BCUT2D eigenvalue weighted by Gasteiger charge is -2.15. The van der Waals surface area contributed by atoms with Gasteiger partial charge in [0, 0.05) is 14.8 Å². The number of thiophene rings is 1. The van der Waals surface area contributed by atoms with Crippen molar-refractivity contribution in [3.63, 3.8) is 0 Å². The number of halogens is 2. The van der Waals surface area contributed by atoms with Crippen LogP contribution in [0.25, 0.3) is 0 Å². The zero-order valence-corrected chi connectivity index (χ0v) is 12.4. The number of benzene rings is 1. The van der Waals surface area contributed by atoms with Gasteiger partial charge in [-0.05, 0) is 55.7 Å². The fraction of sp³-hybridized carbons (Fsp3) is 0.286. The fourth-order valence-corrected chi connectivity index (χ4v) is 3.23. The lowest BCUT2D eigenvalue weighted by Crippen LogP contribution is -2.29. The molecule has 2 nitrogen and oxygen atoms in total. The molecule has 0 bridgehead atoms. The number of aryl methyl sites for hydroxylation is 2. The van der Waals surface area contributed by atoms with Crippen LogP contribution in [0.5, 0.6) is 0 Å². The molecule has 0 saturated heterocycles. The molecule has 0 fully saturated rings. The maximum absolute atomic E-state index is 13.7. The summed E-state index contributed by atoms with van der Waals surface area (Å²) in [6, 6.07) is 6.56. The van der Waals surface area contributed by atoms with E-state index in [0.717, 1.165) is 4.88 Å². The first kappa shape index (κ1) is 14.5. The summed E-state index contributed by atoms with van der Waals surface area (Å²) < 4.78 is 13.7. The summed E-state index contributed by atoms with van der Waals surface area (Å²) in [5.41, 5.74) is 4.55. The lowest BCUT2D eigenvalue weighted by atomic mass is 10.0. The molecule has 1 aromatic carbocycles. The van der Waals surface area contributed by atoms with E-state index in [1.165, 1.54) is 16.5 Å². The molecule has 2 aromatic rings. The van der Waals surface area contributed by atoms with Crippen molar-refractivity contribution in [3.05, 3.63) is 56.0 Å². The molecule has 0 aliphatic rings. The third-order valence-electron chi connectivity index (χ3n) is 3.16. The second-order valence-corrected chi connectivity index (χ2v) is 6.27. The van der Waals surface area contributed by atoms with Crippen LogP contribution in [-0.2, 0) is 6.42 Å². The average molecular weight is 299 g/mol. The molecule has 0 radical (unpaired) electrons. The highest BCUT2D eigenvalue weighted by molar-refractivity contribution is 7.12. The molecule has 0 aliphatic carbocycles. The molecule has 1 atom stereocenters. The monoisotopic (exact) mass is 298 g/mol. The van der Waals surface area contributed by atoms with Gasteiger partial charge in [-0.2, -0.15) is 0 Å². The van der Waals surface area contributed by atoms with E-state index in [-0.39, 0.29) is 11.9 Å². The Morgan fingerprint density at radius 3 is 2.68 bits per heavy atom. The highest BCUT2D eigenvalue weighted by atomic mass is 35.5. The number of hydrazine groups is 1. The fourth-order valence-electron chi connectivity index (χ4n) is 1.93. The molecule has 0 saturated carbocycles. The normalized spacial score (nSPS) is 12.7. The number of hydrogen-bond donors (Lipinski definition) is 2. The van der Waals surface area contributed by atoms with Crippen LogP contribution in [-0.4, -0.2) is 0 Å². The topological polar surface area (TPSA) is 38.0 Å². The lowest BCUT2D eigenvalue weighted by molar-refractivity contribution is 0.535. The first-order valence-electron chi connectivity index (χ1n) is 5.98. The smallest absolute Gasteiger partial charge is 0.126 e. The molecule has 1 unspecified atom stereocenters. The summed E-state index contributed by atoms with van der Waals surface area (Å²) in [5.74, 6) is 5.35. The summed E-state index contributed by atoms with van der Waals surface area (Å²) in [5, 5.41) is 0.533. The maximum atomic E-state index is 13.7. The minimum Gasteiger partial charge on any atom is -0.271 e. The van der Waals surface area contributed by atoms with Crippen molar-refractivity contribution in [3.8, 4) is 0 Å². The maximum Gasteiger partial charge on any atom is 0.126 e. The van der Waals surface area contributed by atoms with Gasteiger partial charge in [-0.15, -0.1) is 11.3 Å². The van der Waals surface area contributed by atoms with Gasteiger partial charge in [0.15, 0.2) is 0 Å². The molecular weight excluding hydrogens is 283 g/mol. The summed E-state index contributed by atoms with van der Waals surface area (Å²) >= 11 is 7.58. The predicted octanol–water partition coefficient (Wildman–Crippen LogP) is 3.90. The van der Waals surface area contributed by atoms with Gasteiger partial charge in [-0.25, -0.2) is 4.39 Å². The first-order valence-corrected chi connectivity index (χ1v) is 7.17. The van der Waals surface area contributed by atoms with E-state index < -0.39 is 0 Å². The Bertz CT molecular complexity index is 563. The molecule has 2 rings (SSSR count). The van der Waals surface area contributed by atoms with Crippen LogP contribution < -0.4 is 11.3 Å². The third kappa shape index (κ3) is 3.34. The zero-order chi connectivity index (χ0) is 14.0. The summed E-state index contributed by atoms with van der Waals surface area (Å²) in [6.07, 6.45) is 0.474. The molecule has 1 aromatic heterocycles. The number of hydrogen-bond acceptors (Lipinski definition) is 3. The van der Waals surface area contributed by atoms with E-state index in [1.54, 1.807) is 23.5 Å². The minimum absolute atomic E-state index is 0.106. The van der Waals surface area contributed by atoms with Crippen molar-refractivity contribution in [1.29, 1.82) is 0 Å². The van der Waals surface area contributed by atoms with Crippen molar-refractivity contribution in [2.24, 2.45) is 5.84 Å². The number of rotatable bonds is 4. The van der Waals surface area contributed by atoms with Crippen LogP contribution in [0, 0.1) is 19.7 Å². The van der Waals surface area contributed by atoms with E-state index in [2.05, 4.69) is 25.3 Å². The van der Waals surface area contributed by atoms with Gasteiger partial charge in [0.1, 0.15) is 5.82 Å². The summed E-state index contributed by atoms with van der Waals surface area (Å²) in [7, 11) is 0. The van der Waals surface area contributed by atoms with Gasteiger partial charge in [0.25, 0.3) is 0 Å². The van der Waals surface area contributed by atoms with Crippen LogP contribution >= 0.6 is 22.9 Å². The quantitative estimate of drug-likeness (QED) is 0.663. The van der Waals surface area contributed by atoms with Crippen molar-refractivity contribution in [2.45, 2.75) is 26.3 Å². The molecule has 3 N–H and O–H groups in total. The van der Waals surface area contributed by atoms with Crippen LogP contribution in [0.3, 0.4) is 0 Å². The standard InChI is InChI=1S/C14H16ClFN2S/c1-8-5-14(19-9(8)2)13(18-17)7-10-6-11(15)3-4-12(10)16/h3-6,13,18H,7,17H2,1-2H3. The Morgan fingerprint density at radius 2 is 2.11 bits per heavy atom. The van der Waals surface area contributed by atoms with Crippen LogP contribution in [0.15, 0.2) is 24.3 Å². The van der Waals surface area contributed by atoms with Crippen molar-refractivity contribution >= 4 is 22.9 Å². The minimum atomic E-state index is -0.255. The van der Waals surface area contributed by atoms with Gasteiger partial charge in [-0.3, -0.25) is 11.3 Å². The molecule has 0 spiro atoms. The Labute approximate surface area is 121 Å². The average Bonchev–Trinajstić information content (AvgIpc) is 2.70. The summed E-state index contributed by atoms with van der Waals surface area (Å²) in [4.78, 5) is 2.36. The number of nitrogens with one attached hydrogen (secondary N) is 1. The second kappa shape index (κ2) is 6.01. The Kier molecular flexibility index (Phi) is 4.58. The molecular formula is C14H16ClFN2S. The van der Waals surface area contributed by atoms with Crippen molar-refractivity contribution < 1.29 is 4.39 Å². The summed E-state index contributed by atoms with van der Waals surface area (Å²) in [6.45, 7) is 4.12. The second-order valence-electron chi connectivity index (χ2n) is 4.55. The van der Waals surface area contributed by atoms with Gasteiger partial charge >= 0.3 is 0 Å². The van der Waals surface area contributed by atoms with E-state index in [0.29, 0.717) is 17.0 Å². The van der Waals surface area contributed by atoms with Crippen LogP contribution in [0.1, 0.15) is 26.9 Å². The van der Waals surface area contributed by atoms with E-state index in [1.807, 2.05) is 0 Å². The largest absolute Gasteiger partial charge is 0.271 e. The Hall–Kier alpha value is -0.940. The van der Waals surface area contributed by atoms with Crippen molar-refractivity contribution in [1.82, 2.24) is 5.43 Å². The number of nitrogens with two attached hydrogens (primary N) is 1. The molecule has 0 amide bonds. The van der Waals surface area contributed by atoms with E-state index >= 15 is 0 Å². The Morgan fingerprint density at radius 1 is 1.37 bits per heavy atom. The third-order valence-corrected chi connectivity index (χ3v) is 4.66. The first-order chi connectivity index (χ1) is 9.01. The van der Waals surface area contributed by atoms with E-state index in [4.69, 9.17) is 17.4 Å². The van der Waals surface area contributed by atoms with Gasteiger partial charge in [0.2, 0.25) is 0 Å². The molecule has 19 heavy (non-hydrogen) atoms. The van der Waals surface area contributed by atoms with Gasteiger partial charge in [-0.1, -0.05) is 11.6 Å². The predicted molar refractivity (Wildman–Crippen MR) is 79.0 cm³/mol. The van der Waals surface area contributed by atoms with Crippen molar-refractivity contribution in [2.75, 3.05) is 0 Å². The molecule has 0 aliphatic heterocycles. The molecule has 102 valence electrons. The highest BCUT2D eigenvalue weighted by Gasteiger charge is 2.16. The molecule has 5 heteroatoms. The van der Waals surface area contributed by atoms with Crippen LogP contribution in [0.4, 0.5) is 4.39 Å². The van der Waals surface area contributed by atoms with E-state index in [9.17, 15) is 4.39 Å². The van der Waals surface area contributed by atoms with Gasteiger partial charge in [0.05, 0.1) is 6.04 Å².